The molecule has 3 aromatic heterocycles. The molecule has 1 saturated heterocycles. The molecule has 0 spiro atoms. The van der Waals surface area contributed by atoms with Crippen molar-refractivity contribution >= 4 is 39.4 Å². The first-order valence-electron chi connectivity index (χ1n) is 10.7. The average molecular weight is 435 g/mol. The van der Waals surface area contributed by atoms with Crippen LogP contribution in [0.5, 0.6) is 0 Å². The summed E-state index contributed by atoms with van der Waals surface area (Å²) < 4.78 is 4.36. The fourth-order valence-electron chi connectivity index (χ4n) is 5.00. The first-order chi connectivity index (χ1) is 15.2. The Morgan fingerprint density at radius 3 is 2.84 bits per heavy atom. The maximum atomic E-state index is 12.7. The summed E-state index contributed by atoms with van der Waals surface area (Å²) in [5.74, 6) is 2.30. The minimum Gasteiger partial charge on any atom is -0.381 e. The molecule has 0 aromatic carbocycles. The predicted octanol–water partition coefficient (Wildman–Crippen LogP) is 3.52. The second kappa shape index (κ2) is 7.20. The third-order valence-electron chi connectivity index (χ3n) is 6.69. The van der Waals surface area contributed by atoms with E-state index in [4.69, 9.17) is 0 Å². The molecule has 0 radical (unpaired) electrons. The van der Waals surface area contributed by atoms with Crippen molar-refractivity contribution in [3.8, 4) is 6.07 Å². The number of pyridine rings is 1. The minimum absolute atomic E-state index is 0.0765. The second-order valence-electron chi connectivity index (χ2n) is 8.80. The molecule has 9 nitrogen and oxygen atoms in total. The van der Waals surface area contributed by atoms with Crippen LogP contribution in [0, 0.1) is 23.2 Å². The van der Waals surface area contributed by atoms with Crippen LogP contribution in [0.2, 0.25) is 0 Å². The second-order valence-corrected chi connectivity index (χ2v) is 9.55. The number of nitriles is 1. The number of carbonyl (C=O) groups is 1. The highest BCUT2D eigenvalue weighted by atomic mass is 32.1. The predicted molar refractivity (Wildman–Crippen MR) is 117 cm³/mol. The Bertz CT molecular complexity index is 1180. The molecule has 10 heteroatoms. The molecule has 3 N–H and O–H groups in total. The van der Waals surface area contributed by atoms with Crippen molar-refractivity contribution in [3.05, 3.63) is 29.8 Å². The summed E-state index contributed by atoms with van der Waals surface area (Å²) in [6.07, 6.45) is 7.73. The van der Waals surface area contributed by atoms with Gasteiger partial charge in [-0.2, -0.15) is 9.64 Å². The number of rotatable bonds is 4. The van der Waals surface area contributed by atoms with Crippen molar-refractivity contribution in [3.63, 3.8) is 0 Å². The standard InChI is InChI=1S/C21H22N8OS/c22-7-14-8-24-19-16(3-4-23-19)17(14)25-15-5-12-9-29(10-13(12)6-15)21(30)27-20-26-18(28-31-20)11-1-2-11/h3-4,8,11-13,15H,1-2,5-6,9-10H2,(H2,23,24,25)(H,26,27,28,30)/t12-,13+,15+. The van der Waals surface area contributed by atoms with Gasteiger partial charge in [-0.15, -0.1) is 0 Å². The number of hydrogen-bond acceptors (Lipinski definition) is 7. The van der Waals surface area contributed by atoms with Gasteiger partial charge in [0.15, 0.2) is 0 Å². The highest BCUT2D eigenvalue weighted by Gasteiger charge is 2.42. The highest BCUT2D eigenvalue weighted by Crippen LogP contribution is 2.41. The fourth-order valence-corrected chi connectivity index (χ4v) is 5.64. The summed E-state index contributed by atoms with van der Waals surface area (Å²) in [6.45, 7) is 1.51. The third kappa shape index (κ3) is 3.39. The van der Waals surface area contributed by atoms with Crippen LogP contribution in [0.3, 0.4) is 0 Å². The van der Waals surface area contributed by atoms with Crippen LogP contribution in [-0.2, 0) is 0 Å². The van der Waals surface area contributed by atoms with Crippen molar-refractivity contribution in [2.45, 2.75) is 37.6 Å². The topological polar surface area (TPSA) is 123 Å². The molecule has 2 aliphatic carbocycles. The molecule has 0 unspecified atom stereocenters. The molecule has 6 rings (SSSR count). The van der Waals surface area contributed by atoms with Gasteiger partial charge in [0.2, 0.25) is 5.13 Å². The zero-order valence-electron chi connectivity index (χ0n) is 16.8. The summed E-state index contributed by atoms with van der Waals surface area (Å²) >= 11 is 1.27. The van der Waals surface area contributed by atoms with Crippen molar-refractivity contribution in [2.75, 3.05) is 23.7 Å². The van der Waals surface area contributed by atoms with Gasteiger partial charge in [0, 0.05) is 54.4 Å². The summed E-state index contributed by atoms with van der Waals surface area (Å²) in [5, 5.41) is 17.6. The Hall–Kier alpha value is -3.19. The molecule has 0 bridgehead atoms. The van der Waals surface area contributed by atoms with Gasteiger partial charge in [-0.3, -0.25) is 5.32 Å². The van der Waals surface area contributed by atoms with Crippen molar-refractivity contribution < 1.29 is 4.79 Å². The number of amides is 2. The molecule has 3 aliphatic rings. The van der Waals surface area contributed by atoms with Gasteiger partial charge in [-0.25, -0.2) is 14.8 Å². The summed E-state index contributed by atoms with van der Waals surface area (Å²) in [4.78, 5) is 26.5. The largest absolute Gasteiger partial charge is 0.381 e. The molecule has 3 aromatic rings. The van der Waals surface area contributed by atoms with Crippen molar-refractivity contribution in [1.82, 2.24) is 24.2 Å². The van der Waals surface area contributed by atoms with E-state index in [-0.39, 0.29) is 12.1 Å². The molecule has 3 atom stereocenters. The Balaban J connectivity index is 1.09. The van der Waals surface area contributed by atoms with Gasteiger partial charge in [0.05, 0.1) is 11.3 Å². The van der Waals surface area contributed by atoms with E-state index in [1.807, 2.05) is 17.2 Å². The SMILES string of the molecule is N#Cc1cnc2[nH]ccc2c1N[C@H]1C[C@@H]2CN(C(=O)Nc3nc(C4CC4)ns3)C[C@@H]2C1. The number of nitrogens with zero attached hydrogens (tertiary/aromatic N) is 5. The van der Waals surface area contributed by atoms with Crippen molar-refractivity contribution in [1.29, 1.82) is 5.26 Å². The monoisotopic (exact) mass is 434 g/mol. The number of nitrogens with one attached hydrogen (secondary N) is 3. The fraction of sp³-hybridized carbons (Fsp3) is 0.476. The molecule has 4 heterocycles. The lowest BCUT2D eigenvalue weighted by molar-refractivity contribution is 0.218. The van der Waals surface area contributed by atoms with E-state index in [1.54, 1.807) is 6.20 Å². The molecule has 2 saturated carbocycles. The zero-order chi connectivity index (χ0) is 20.9. The van der Waals surface area contributed by atoms with E-state index in [2.05, 4.69) is 36.0 Å². The van der Waals surface area contributed by atoms with Gasteiger partial charge < -0.3 is 15.2 Å². The van der Waals surface area contributed by atoms with Gasteiger partial charge >= 0.3 is 6.03 Å². The summed E-state index contributed by atoms with van der Waals surface area (Å²) in [7, 11) is 0. The summed E-state index contributed by atoms with van der Waals surface area (Å²) in [5.41, 5.74) is 2.20. The molecule has 31 heavy (non-hydrogen) atoms. The summed E-state index contributed by atoms with van der Waals surface area (Å²) in [6, 6.07) is 4.42. The Morgan fingerprint density at radius 1 is 1.29 bits per heavy atom. The van der Waals surface area contributed by atoms with Gasteiger partial charge in [-0.05, 0) is 43.6 Å². The lowest BCUT2D eigenvalue weighted by Gasteiger charge is -2.21. The quantitative estimate of drug-likeness (QED) is 0.577. The number of aromatic nitrogens is 4. The smallest absolute Gasteiger partial charge is 0.323 e. The number of anilines is 2. The third-order valence-corrected chi connectivity index (χ3v) is 7.34. The first-order valence-corrected chi connectivity index (χ1v) is 11.5. The van der Waals surface area contributed by atoms with E-state index in [9.17, 15) is 10.1 Å². The zero-order valence-corrected chi connectivity index (χ0v) is 17.7. The molecule has 1 aliphatic heterocycles. The lowest BCUT2D eigenvalue weighted by atomic mass is 10.0. The minimum atomic E-state index is -0.0765. The lowest BCUT2D eigenvalue weighted by Crippen LogP contribution is -2.34. The Labute approximate surface area is 183 Å². The number of likely N-dealkylation sites (tertiary alicyclic amines) is 1. The number of carbonyl (C=O) groups excluding carboxylic acids is 1. The van der Waals surface area contributed by atoms with Crippen LogP contribution < -0.4 is 10.6 Å². The maximum Gasteiger partial charge on any atom is 0.323 e. The molecule has 3 fully saturated rings. The maximum absolute atomic E-state index is 12.7. The van der Waals surface area contributed by atoms with Gasteiger partial charge in [0.1, 0.15) is 17.5 Å². The van der Waals surface area contributed by atoms with Crippen LogP contribution in [0.4, 0.5) is 15.6 Å². The average Bonchev–Trinajstić information content (AvgIpc) is 3.13. The normalized spacial score (nSPS) is 24.9. The highest BCUT2D eigenvalue weighted by molar-refractivity contribution is 7.09. The molecule has 2 amide bonds. The van der Waals surface area contributed by atoms with E-state index in [0.29, 0.717) is 28.4 Å². The first kappa shape index (κ1) is 18.6. The van der Waals surface area contributed by atoms with E-state index in [0.717, 1.165) is 61.3 Å². The van der Waals surface area contributed by atoms with Crippen LogP contribution >= 0.6 is 11.5 Å². The number of fused-ring (bicyclic) bond motifs is 2. The van der Waals surface area contributed by atoms with Crippen LogP contribution in [0.25, 0.3) is 11.0 Å². The van der Waals surface area contributed by atoms with Crippen LogP contribution in [0.15, 0.2) is 18.5 Å². The molecule has 158 valence electrons. The van der Waals surface area contributed by atoms with E-state index in [1.165, 1.54) is 11.5 Å². The van der Waals surface area contributed by atoms with Gasteiger partial charge in [-0.1, -0.05) is 0 Å². The number of aromatic amines is 1. The number of urea groups is 1. The van der Waals surface area contributed by atoms with Crippen LogP contribution in [-0.4, -0.2) is 49.4 Å². The molecular weight excluding hydrogens is 412 g/mol. The molecular formula is C21H22N8OS. The Morgan fingerprint density at radius 2 is 2.10 bits per heavy atom. The Kier molecular flexibility index (Phi) is 4.31. The number of hydrogen-bond donors (Lipinski definition) is 3. The number of H-pyrrole nitrogens is 1. The van der Waals surface area contributed by atoms with E-state index >= 15 is 0 Å². The van der Waals surface area contributed by atoms with E-state index < -0.39 is 0 Å². The van der Waals surface area contributed by atoms with Gasteiger partial charge in [0.25, 0.3) is 0 Å². The van der Waals surface area contributed by atoms with Crippen LogP contribution in [0.1, 0.15) is 43.0 Å². The van der Waals surface area contributed by atoms with Crippen molar-refractivity contribution in [2.24, 2.45) is 11.8 Å².